The fourth-order valence-electron chi connectivity index (χ4n) is 3.91. The number of ether oxygens (including phenoxy) is 1. The zero-order valence-electron chi connectivity index (χ0n) is 14.9. The lowest BCUT2D eigenvalue weighted by molar-refractivity contribution is 0.0710. The maximum Gasteiger partial charge on any atom is 0.255 e. The third-order valence-corrected chi connectivity index (χ3v) is 6.03. The maximum atomic E-state index is 12.7. The fraction of sp³-hybridized carbons (Fsp3) is 0.632. The molecule has 4 rings (SSSR count). The average Bonchev–Trinajstić information content (AvgIpc) is 3.45. The van der Waals surface area contributed by atoms with Gasteiger partial charge in [-0.25, -0.2) is 0 Å². The van der Waals surface area contributed by atoms with Crippen LogP contribution < -0.4 is 0 Å². The molecule has 2 aromatic rings. The summed E-state index contributed by atoms with van der Waals surface area (Å²) in [5, 5.41) is 7.90. The first-order valence-electron chi connectivity index (χ1n) is 9.54. The lowest BCUT2D eigenvalue weighted by Gasteiger charge is -2.21. The summed E-state index contributed by atoms with van der Waals surface area (Å²) in [6.45, 7) is 2.20. The first kappa shape index (κ1) is 17.7. The normalized spacial score (nSPS) is 20.9. The van der Waals surface area contributed by atoms with E-state index in [9.17, 15) is 4.79 Å². The van der Waals surface area contributed by atoms with Crippen LogP contribution in [0.2, 0.25) is 0 Å². The Hall–Kier alpha value is -1.73. The van der Waals surface area contributed by atoms with E-state index in [0.29, 0.717) is 24.7 Å². The first-order chi connectivity index (χ1) is 12.8. The van der Waals surface area contributed by atoms with Gasteiger partial charge in [0, 0.05) is 25.0 Å². The number of aromatic nitrogens is 2. The molecule has 26 heavy (non-hydrogen) atoms. The van der Waals surface area contributed by atoms with Gasteiger partial charge < -0.3 is 14.2 Å². The zero-order chi connectivity index (χ0) is 17.8. The van der Waals surface area contributed by atoms with Gasteiger partial charge in [-0.3, -0.25) is 4.79 Å². The molecule has 1 atom stereocenters. The Kier molecular flexibility index (Phi) is 5.65. The van der Waals surface area contributed by atoms with Gasteiger partial charge in [0.25, 0.3) is 5.91 Å². The van der Waals surface area contributed by atoms with Gasteiger partial charge in [0.2, 0.25) is 5.89 Å². The summed E-state index contributed by atoms with van der Waals surface area (Å²) in [6, 6.07) is 1.76. The van der Waals surface area contributed by atoms with Gasteiger partial charge in [0.05, 0.1) is 12.2 Å². The molecule has 0 aromatic carbocycles. The number of carbonyl (C=O) groups excluding carboxylic acids is 1. The highest BCUT2D eigenvalue weighted by Crippen LogP contribution is 2.32. The summed E-state index contributed by atoms with van der Waals surface area (Å²) in [7, 11) is 0. The van der Waals surface area contributed by atoms with Crippen LogP contribution in [-0.4, -0.2) is 40.7 Å². The molecule has 1 saturated heterocycles. The molecule has 6 nitrogen and oxygen atoms in total. The van der Waals surface area contributed by atoms with Crippen LogP contribution in [-0.2, 0) is 11.2 Å². The predicted molar refractivity (Wildman–Crippen MR) is 98.1 cm³/mol. The van der Waals surface area contributed by atoms with Crippen molar-refractivity contribution in [3.05, 3.63) is 34.1 Å². The van der Waals surface area contributed by atoms with Crippen molar-refractivity contribution in [1.29, 1.82) is 0 Å². The highest BCUT2D eigenvalue weighted by molar-refractivity contribution is 7.08. The molecule has 0 spiro atoms. The van der Waals surface area contributed by atoms with Crippen molar-refractivity contribution in [2.45, 2.75) is 51.0 Å². The Labute approximate surface area is 157 Å². The standard InChI is InChI=1S/C19H25N3O3S/c23-19(15-8-11-26-13-15)22-9-3-6-16(22)18-20-17(21-25-18)7-10-24-12-14-4-1-2-5-14/h8,11,13-14,16H,1-7,9-10,12H2. The van der Waals surface area contributed by atoms with Crippen molar-refractivity contribution in [3.63, 3.8) is 0 Å². The number of hydrogen-bond acceptors (Lipinski definition) is 6. The molecule has 3 heterocycles. The number of thiophene rings is 1. The van der Waals surface area contributed by atoms with Crippen molar-refractivity contribution in [2.24, 2.45) is 5.92 Å². The van der Waals surface area contributed by atoms with Crippen LogP contribution in [0, 0.1) is 5.92 Å². The van der Waals surface area contributed by atoms with E-state index in [2.05, 4.69) is 10.1 Å². The number of carbonyl (C=O) groups is 1. The van der Waals surface area contributed by atoms with Crippen molar-refractivity contribution in [3.8, 4) is 0 Å². The highest BCUT2D eigenvalue weighted by atomic mass is 32.1. The van der Waals surface area contributed by atoms with E-state index < -0.39 is 0 Å². The molecule has 1 saturated carbocycles. The highest BCUT2D eigenvalue weighted by Gasteiger charge is 2.34. The Balaban J connectivity index is 1.31. The molecule has 0 bridgehead atoms. The Bertz CT molecular complexity index is 709. The molecule has 0 N–H and O–H groups in total. The van der Waals surface area contributed by atoms with E-state index >= 15 is 0 Å². The fourth-order valence-corrected chi connectivity index (χ4v) is 4.54. The second-order valence-electron chi connectivity index (χ2n) is 7.19. The number of hydrogen-bond donors (Lipinski definition) is 0. The lowest BCUT2D eigenvalue weighted by atomic mass is 10.1. The Morgan fingerprint density at radius 2 is 2.19 bits per heavy atom. The summed E-state index contributed by atoms with van der Waals surface area (Å²) in [6.07, 6.45) is 7.75. The predicted octanol–water partition coefficient (Wildman–Crippen LogP) is 3.86. The van der Waals surface area contributed by atoms with E-state index in [1.807, 2.05) is 21.7 Å². The molecule has 7 heteroatoms. The van der Waals surface area contributed by atoms with Crippen LogP contribution in [0.25, 0.3) is 0 Å². The zero-order valence-corrected chi connectivity index (χ0v) is 15.7. The summed E-state index contributed by atoms with van der Waals surface area (Å²) in [5.41, 5.74) is 0.738. The van der Waals surface area contributed by atoms with Crippen LogP contribution in [0.15, 0.2) is 21.3 Å². The summed E-state index contributed by atoms with van der Waals surface area (Å²) < 4.78 is 11.2. The third kappa shape index (κ3) is 3.99. The SMILES string of the molecule is O=C(c1ccsc1)N1CCCC1c1nc(CCOCC2CCCC2)no1. The monoisotopic (exact) mass is 375 g/mol. The largest absolute Gasteiger partial charge is 0.381 e. The molecule has 0 radical (unpaired) electrons. The molecule has 2 aliphatic rings. The van der Waals surface area contributed by atoms with Crippen LogP contribution in [0.3, 0.4) is 0 Å². The van der Waals surface area contributed by atoms with Gasteiger partial charge in [-0.15, -0.1) is 0 Å². The average molecular weight is 375 g/mol. The van der Waals surface area contributed by atoms with E-state index in [-0.39, 0.29) is 11.9 Å². The van der Waals surface area contributed by atoms with Gasteiger partial charge in [0.1, 0.15) is 6.04 Å². The van der Waals surface area contributed by atoms with Gasteiger partial charge in [0.15, 0.2) is 5.82 Å². The van der Waals surface area contributed by atoms with Crippen LogP contribution in [0.5, 0.6) is 0 Å². The van der Waals surface area contributed by atoms with Crippen molar-refractivity contribution < 1.29 is 14.1 Å². The van der Waals surface area contributed by atoms with E-state index in [4.69, 9.17) is 9.26 Å². The van der Waals surface area contributed by atoms with Gasteiger partial charge in [-0.2, -0.15) is 16.3 Å². The minimum atomic E-state index is -0.108. The maximum absolute atomic E-state index is 12.7. The number of likely N-dealkylation sites (tertiary alicyclic amines) is 1. The minimum Gasteiger partial charge on any atom is -0.381 e. The Morgan fingerprint density at radius 1 is 1.31 bits per heavy atom. The number of amides is 1. The van der Waals surface area contributed by atoms with Crippen molar-refractivity contribution in [1.82, 2.24) is 15.0 Å². The van der Waals surface area contributed by atoms with Gasteiger partial charge >= 0.3 is 0 Å². The van der Waals surface area contributed by atoms with Crippen molar-refractivity contribution >= 4 is 17.2 Å². The molecule has 140 valence electrons. The minimum absolute atomic E-state index is 0.0494. The molecular formula is C19H25N3O3S. The van der Waals surface area contributed by atoms with Gasteiger partial charge in [-0.05, 0) is 43.0 Å². The second kappa shape index (κ2) is 8.31. The van der Waals surface area contributed by atoms with Crippen LogP contribution in [0.1, 0.15) is 66.6 Å². The molecule has 2 aromatic heterocycles. The Morgan fingerprint density at radius 3 is 3.00 bits per heavy atom. The van der Waals surface area contributed by atoms with Crippen LogP contribution in [0.4, 0.5) is 0 Å². The van der Waals surface area contributed by atoms with E-state index in [1.54, 1.807) is 0 Å². The molecular weight excluding hydrogens is 350 g/mol. The number of rotatable bonds is 7. The van der Waals surface area contributed by atoms with Crippen LogP contribution >= 0.6 is 11.3 Å². The molecule has 1 aliphatic carbocycles. The lowest BCUT2D eigenvalue weighted by Crippen LogP contribution is -2.30. The smallest absolute Gasteiger partial charge is 0.255 e. The number of nitrogens with zero attached hydrogens (tertiary/aromatic N) is 3. The van der Waals surface area contributed by atoms with E-state index in [1.165, 1.54) is 37.0 Å². The first-order valence-corrected chi connectivity index (χ1v) is 10.5. The summed E-state index contributed by atoms with van der Waals surface area (Å²) in [5.74, 6) is 2.00. The van der Waals surface area contributed by atoms with E-state index in [0.717, 1.165) is 37.5 Å². The van der Waals surface area contributed by atoms with Gasteiger partial charge in [-0.1, -0.05) is 18.0 Å². The molecule has 1 amide bonds. The molecule has 1 aliphatic heterocycles. The second-order valence-corrected chi connectivity index (χ2v) is 7.97. The topological polar surface area (TPSA) is 68.5 Å². The molecule has 2 fully saturated rings. The quantitative estimate of drug-likeness (QED) is 0.688. The van der Waals surface area contributed by atoms with Crippen molar-refractivity contribution in [2.75, 3.05) is 19.8 Å². The molecule has 1 unspecified atom stereocenters. The summed E-state index contributed by atoms with van der Waals surface area (Å²) >= 11 is 1.54. The summed E-state index contributed by atoms with van der Waals surface area (Å²) in [4.78, 5) is 19.0. The third-order valence-electron chi connectivity index (χ3n) is 5.35.